The number of amides is 1. The highest BCUT2D eigenvalue weighted by Gasteiger charge is 2.35. The lowest BCUT2D eigenvalue weighted by Crippen LogP contribution is -2.42. The first kappa shape index (κ1) is 23.4. The van der Waals surface area contributed by atoms with Gasteiger partial charge in [-0.25, -0.2) is 9.59 Å². The van der Waals surface area contributed by atoms with Crippen LogP contribution < -0.4 is 5.32 Å². The van der Waals surface area contributed by atoms with E-state index >= 15 is 0 Å². The molecule has 1 rings (SSSR count). The van der Waals surface area contributed by atoms with E-state index in [0.717, 1.165) is 19.3 Å². The second-order valence-corrected chi connectivity index (χ2v) is 7.39. The number of alkyl carbamates (subject to hydrolysis) is 1. The third kappa shape index (κ3) is 7.97. The lowest BCUT2D eigenvalue weighted by molar-refractivity contribution is -0.766. The van der Waals surface area contributed by atoms with Gasteiger partial charge in [-0.05, 0) is 24.2 Å². The number of carboxylic acids is 1. The molecule has 1 amide bonds. The van der Waals surface area contributed by atoms with Crippen molar-refractivity contribution in [3.05, 3.63) is 10.1 Å². The smallest absolute Gasteiger partial charge is 0.410 e. The van der Waals surface area contributed by atoms with Crippen molar-refractivity contribution in [2.45, 2.75) is 71.7 Å². The summed E-state index contributed by atoms with van der Waals surface area (Å²) in [6, 6.07) is 0. The summed E-state index contributed by atoms with van der Waals surface area (Å²) in [5.74, 6) is -2.48. The number of hydrogen-bond acceptors (Lipinski definition) is 8. The molecule has 1 fully saturated rings. The molecule has 160 valence electrons. The summed E-state index contributed by atoms with van der Waals surface area (Å²) in [6.45, 7) is 4.51. The van der Waals surface area contributed by atoms with Gasteiger partial charge in [0.25, 0.3) is 5.09 Å². The highest BCUT2D eigenvalue weighted by Crippen LogP contribution is 2.38. The van der Waals surface area contributed by atoms with Gasteiger partial charge in [-0.2, -0.15) is 0 Å². The minimum atomic E-state index is -1.44. The zero-order valence-corrected chi connectivity index (χ0v) is 16.3. The summed E-state index contributed by atoms with van der Waals surface area (Å²) in [7, 11) is 0. The summed E-state index contributed by atoms with van der Waals surface area (Å²) >= 11 is 0. The van der Waals surface area contributed by atoms with Gasteiger partial charge in [0.15, 0.2) is 0 Å². The lowest BCUT2D eigenvalue weighted by Gasteiger charge is -2.36. The lowest BCUT2D eigenvalue weighted by atomic mass is 9.72. The van der Waals surface area contributed by atoms with Gasteiger partial charge >= 0.3 is 18.0 Å². The van der Waals surface area contributed by atoms with E-state index in [2.05, 4.69) is 10.2 Å². The molecule has 2 N–H and O–H groups in total. The molecule has 1 aliphatic carbocycles. The third-order valence-corrected chi connectivity index (χ3v) is 4.64. The van der Waals surface area contributed by atoms with E-state index in [1.165, 1.54) is 6.92 Å². The topological polar surface area (TPSA) is 154 Å². The van der Waals surface area contributed by atoms with Gasteiger partial charge in [0, 0.05) is 13.5 Å². The van der Waals surface area contributed by atoms with Crippen molar-refractivity contribution >= 4 is 18.0 Å². The zero-order valence-electron chi connectivity index (χ0n) is 16.3. The number of hydrogen-bond donors (Lipinski definition) is 2. The Kier molecular flexibility index (Phi) is 8.93. The number of rotatable bonds is 10. The van der Waals surface area contributed by atoms with Crippen molar-refractivity contribution in [1.82, 2.24) is 5.32 Å². The highest BCUT2D eigenvalue weighted by molar-refractivity contribution is 5.75. The monoisotopic (exact) mass is 404 g/mol. The normalized spacial score (nSPS) is 17.9. The quantitative estimate of drug-likeness (QED) is 0.241. The zero-order chi connectivity index (χ0) is 21.3. The van der Waals surface area contributed by atoms with Crippen molar-refractivity contribution in [1.29, 1.82) is 0 Å². The molecule has 28 heavy (non-hydrogen) atoms. The Morgan fingerprint density at radius 3 is 2.25 bits per heavy atom. The van der Waals surface area contributed by atoms with Crippen LogP contribution in [0.5, 0.6) is 0 Å². The molecular formula is C17H28N2O9. The molecule has 0 radical (unpaired) electrons. The van der Waals surface area contributed by atoms with Crippen LogP contribution in [0.3, 0.4) is 0 Å². The van der Waals surface area contributed by atoms with Crippen molar-refractivity contribution in [2.24, 2.45) is 11.3 Å². The highest BCUT2D eigenvalue weighted by atomic mass is 17.0. The summed E-state index contributed by atoms with van der Waals surface area (Å²) in [5.41, 5.74) is -0.523. The SMILES string of the molecule is CC(OC(=O)NCC1(CC(=O)O)CCCCC1)OC(=O)[C@H](O[N+](=O)[O-])C(C)C. The summed E-state index contributed by atoms with van der Waals surface area (Å²) in [5, 5.41) is 21.0. The van der Waals surface area contributed by atoms with Crippen LogP contribution in [0.1, 0.15) is 59.3 Å². The second kappa shape index (κ2) is 10.7. The molecule has 11 nitrogen and oxygen atoms in total. The van der Waals surface area contributed by atoms with E-state index in [-0.39, 0.29) is 13.0 Å². The minimum Gasteiger partial charge on any atom is -0.481 e. The molecule has 0 aromatic rings. The molecular weight excluding hydrogens is 376 g/mol. The molecule has 0 aliphatic heterocycles. The van der Waals surface area contributed by atoms with Gasteiger partial charge in [-0.15, -0.1) is 10.1 Å². The molecule has 1 unspecified atom stereocenters. The maximum absolute atomic E-state index is 12.0. The number of nitrogens with zero attached hydrogens (tertiary/aromatic N) is 1. The molecule has 0 heterocycles. The molecule has 0 spiro atoms. The van der Waals surface area contributed by atoms with E-state index in [9.17, 15) is 24.5 Å². The predicted molar refractivity (Wildman–Crippen MR) is 94.5 cm³/mol. The number of carboxylic acid groups (broad SMARTS) is 1. The average Bonchev–Trinajstić information content (AvgIpc) is 2.57. The Balaban J connectivity index is 2.53. The van der Waals surface area contributed by atoms with Crippen LogP contribution in [0.25, 0.3) is 0 Å². The van der Waals surface area contributed by atoms with Gasteiger partial charge in [-0.3, -0.25) is 9.63 Å². The van der Waals surface area contributed by atoms with Crippen LogP contribution in [-0.2, 0) is 23.9 Å². The number of nitrogens with one attached hydrogen (secondary N) is 1. The van der Waals surface area contributed by atoms with Gasteiger partial charge in [-0.1, -0.05) is 33.1 Å². The largest absolute Gasteiger partial charge is 0.481 e. The predicted octanol–water partition coefficient (Wildman–Crippen LogP) is 2.26. The summed E-state index contributed by atoms with van der Waals surface area (Å²) in [6.07, 6.45) is 0.546. The first-order valence-electron chi connectivity index (χ1n) is 9.22. The van der Waals surface area contributed by atoms with E-state index in [1.54, 1.807) is 13.8 Å². The van der Waals surface area contributed by atoms with Crippen molar-refractivity contribution < 1.29 is 38.9 Å². The molecule has 0 aromatic carbocycles. The fourth-order valence-electron chi connectivity index (χ4n) is 3.28. The number of aliphatic carboxylic acids is 1. The van der Waals surface area contributed by atoms with E-state index < -0.39 is 46.8 Å². The van der Waals surface area contributed by atoms with Crippen LogP contribution in [-0.4, -0.2) is 47.2 Å². The number of carbonyl (C=O) groups is 3. The Morgan fingerprint density at radius 2 is 1.75 bits per heavy atom. The Labute approximate surface area is 162 Å². The van der Waals surface area contributed by atoms with E-state index in [1.807, 2.05) is 0 Å². The van der Waals surface area contributed by atoms with Crippen molar-refractivity contribution in [3.63, 3.8) is 0 Å². The van der Waals surface area contributed by atoms with Crippen molar-refractivity contribution in [3.8, 4) is 0 Å². The van der Waals surface area contributed by atoms with Crippen LogP contribution in [0.15, 0.2) is 0 Å². The van der Waals surface area contributed by atoms with Crippen LogP contribution in [0.4, 0.5) is 4.79 Å². The average molecular weight is 404 g/mol. The molecule has 1 aliphatic rings. The first-order chi connectivity index (χ1) is 13.0. The molecule has 0 bridgehead atoms. The molecule has 1 saturated carbocycles. The summed E-state index contributed by atoms with van der Waals surface area (Å²) in [4.78, 5) is 49.8. The Morgan fingerprint density at radius 1 is 1.14 bits per heavy atom. The van der Waals surface area contributed by atoms with Crippen LogP contribution >= 0.6 is 0 Å². The molecule has 2 atom stereocenters. The second-order valence-electron chi connectivity index (χ2n) is 7.39. The van der Waals surface area contributed by atoms with Gasteiger partial charge in [0.2, 0.25) is 12.4 Å². The Bertz CT molecular complexity index is 573. The maximum Gasteiger partial charge on any atom is 0.410 e. The van der Waals surface area contributed by atoms with Gasteiger partial charge in [0.1, 0.15) is 0 Å². The van der Waals surface area contributed by atoms with Crippen LogP contribution in [0.2, 0.25) is 0 Å². The third-order valence-electron chi connectivity index (χ3n) is 4.64. The fourth-order valence-corrected chi connectivity index (χ4v) is 3.28. The number of esters is 1. The van der Waals surface area contributed by atoms with Gasteiger partial charge in [0.05, 0.1) is 6.42 Å². The standard InChI is InChI=1S/C17H28N2O9/c1-11(2)14(28-19(24)25)15(22)26-12(3)27-16(23)18-10-17(9-13(20)21)7-5-4-6-8-17/h11-12,14H,4-10H2,1-3H3,(H,18,23)(H,20,21)/t12?,14-/m1/s1. The maximum atomic E-state index is 12.0. The first-order valence-corrected chi connectivity index (χ1v) is 9.22. The molecule has 0 saturated heterocycles. The van der Waals surface area contributed by atoms with Gasteiger partial charge < -0.3 is 19.9 Å². The molecule has 0 aromatic heterocycles. The minimum absolute atomic E-state index is 0.0495. The van der Waals surface area contributed by atoms with Crippen molar-refractivity contribution in [2.75, 3.05) is 6.54 Å². The van der Waals surface area contributed by atoms with E-state index in [0.29, 0.717) is 12.8 Å². The number of ether oxygens (including phenoxy) is 2. The fraction of sp³-hybridized carbons (Fsp3) is 0.824. The summed E-state index contributed by atoms with van der Waals surface area (Å²) < 4.78 is 9.81. The van der Waals surface area contributed by atoms with Crippen LogP contribution in [0, 0.1) is 21.4 Å². The van der Waals surface area contributed by atoms with E-state index in [4.69, 9.17) is 14.6 Å². The number of carbonyl (C=O) groups excluding carboxylic acids is 2. The molecule has 11 heteroatoms. The Hall–Kier alpha value is -2.59.